The van der Waals surface area contributed by atoms with Crippen LogP contribution in [0.25, 0.3) is 0 Å². The summed E-state index contributed by atoms with van der Waals surface area (Å²) in [5.74, 6) is 0.652. The normalized spacial score (nSPS) is 11.5. The van der Waals surface area contributed by atoms with Gasteiger partial charge < -0.3 is 4.57 Å². The highest BCUT2D eigenvalue weighted by Gasteiger charge is 2.18. The zero-order valence-corrected chi connectivity index (χ0v) is 11.3. The van der Waals surface area contributed by atoms with Crippen LogP contribution in [0.15, 0.2) is 35.5 Å². The predicted molar refractivity (Wildman–Crippen MR) is 69.9 cm³/mol. The lowest BCUT2D eigenvalue weighted by molar-refractivity contribution is 0.598. The Morgan fingerprint density at radius 1 is 1.17 bits per heavy atom. The fraction of sp³-hybridized carbons (Fsp3) is 0.250. The minimum Gasteiger partial charge on any atom is -0.337 e. The van der Waals surface area contributed by atoms with Crippen LogP contribution in [0.5, 0.6) is 0 Å². The van der Waals surface area contributed by atoms with Crippen molar-refractivity contribution in [2.45, 2.75) is 18.9 Å². The number of benzene rings is 1. The maximum atomic E-state index is 12.1. The zero-order chi connectivity index (χ0) is 13.3. The van der Waals surface area contributed by atoms with Crippen molar-refractivity contribution < 1.29 is 8.42 Å². The van der Waals surface area contributed by atoms with E-state index in [1.165, 1.54) is 6.20 Å². The average molecular weight is 265 g/mol. The van der Waals surface area contributed by atoms with Gasteiger partial charge in [-0.2, -0.15) is 8.42 Å². The van der Waals surface area contributed by atoms with Crippen molar-refractivity contribution in [3.8, 4) is 0 Å². The Balaban J connectivity index is 2.29. The number of aryl methyl sites for hydroxylation is 3. The second-order valence-electron chi connectivity index (χ2n) is 4.21. The molecule has 0 spiro atoms. The lowest BCUT2D eigenvalue weighted by atomic mass is 10.2. The quantitative estimate of drug-likeness (QED) is 0.921. The Morgan fingerprint density at radius 3 is 2.28 bits per heavy atom. The highest BCUT2D eigenvalue weighted by Crippen LogP contribution is 2.15. The fourth-order valence-corrected chi connectivity index (χ4v) is 2.58. The van der Waals surface area contributed by atoms with Crippen molar-refractivity contribution in [1.29, 1.82) is 0 Å². The van der Waals surface area contributed by atoms with Gasteiger partial charge in [0.05, 0.1) is 0 Å². The van der Waals surface area contributed by atoms with Crippen LogP contribution < -0.4 is 4.72 Å². The Hall–Kier alpha value is -1.82. The van der Waals surface area contributed by atoms with Gasteiger partial charge >= 0.3 is 0 Å². The first-order valence-electron chi connectivity index (χ1n) is 5.48. The minimum atomic E-state index is -3.61. The van der Waals surface area contributed by atoms with Crippen LogP contribution in [-0.4, -0.2) is 18.0 Å². The number of aromatic nitrogens is 2. The Morgan fingerprint density at radius 2 is 1.78 bits per heavy atom. The second-order valence-corrected chi connectivity index (χ2v) is 5.84. The maximum absolute atomic E-state index is 12.1. The number of nitrogens with one attached hydrogen (secondary N) is 1. The number of hydrogen-bond donors (Lipinski definition) is 1. The van der Waals surface area contributed by atoms with Crippen molar-refractivity contribution >= 4 is 15.7 Å². The molecule has 0 radical (unpaired) electrons. The molecule has 0 aliphatic heterocycles. The smallest absolute Gasteiger partial charge is 0.280 e. The predicted octanol–water partition coefficient (Wildman–Crippen LogP) is 1.84. The summed E-state index contributed by atoms with van der Waals surface area (Å²) in [7, 11) is -1.85. The molecule has 0 saturated heterocycles. The molecule has 1 aromatic carbocycles. The lowest BCUT2D eigenvalue weighted by Gasteiger charge is -2.05. The summed E-state index contributed by atoms with van der Waals surface area (Å²) in [6, 6.07) is 7.15. The first-order chi connectivity index (χ1) is 8.38. The van der Waals surface area contributed by atoms with E-state index in [1.54, 1.807) is 30.7 Å². The van der Waals surface area contributed by atoms with E-state index in [-0.39, 0.29) is 5.03 Å². The van der Waals surface area contributed by atoms with Crippen LogP contribution in [0.1, 0.15) is 11.4 Å². The molecule has 1 N–H and O–H groups in total. The molecule has 0 fully saturated rings. The summed E-state index contributed by atoms with van der Waals surface area (Å²) in [5, 5.41) is 0.0306. The van der Waals surface area contributed by atoms with Crippen LogP contribution in [-0.2, 0) is 17.1 Å². The lowest BCUT2D eigenvalue weighted by Crippen LogP contribution is -2.13. The topological polar surface area (TPSA) is 64.0 Å². The third kappa shape index (κ3) is 2.53. The van der Waals surface area contributed by atoms with Crippen LogP contribution in [0, 0.1) is 13.8 Å². The molecule has 0 aliphatic carbocycles. The first kappa shape index (κ1) is 12.6. The van der Waals surface area contributed by atoms with Gasteiger partial charge in [0.2, 0.25) is 0 Å². The highest BCUT2D eigenvalue weighted by molar-refractivity contribution is 7.92. The number of anilines is 1. The molecule has 5 nitrogen and oxygen atoms in total. The third-order valence-corrected chi connectivity index (χ3v) is 3.92. The second kappa shape index (κ2) is 4.45. The van der Waals surface area contributed by atoms with E-state index in [4.69, 9.17) is 0 Å². The van der Waals surface area contributed by atoms with Crippen LogP contribution in [0.2, 0.25) is 0 Å². The molecule has 18 heavy (non-hydrogen) atoms. The van der Waals surface area contributed by atoms with Crippen molar-refractivity contribution in [3.05, 3.63) is 41.9 Å². The molecule has 0 aliphatic rings. The van der Waals surface area contributed by atoms with E-state index in [0.717, 1.165) is 5.56 Å². The number of nitrogens with zero attached hydrogens (tertiary/aromatic N) is 2. The number of rotatable bonds is 3. The van der Waals surface area contributed by atoms with Gasteiger partial charge in [0.1, 0.15) is 5.82 Å². The van der Waals surface area contributed by atoms with Crippen molar-refractivity contribution in [2.24, 2.45) is 7.05 Å². The van der Waals surface area contributed by atoms with Gasteiger partial charge in [-0.05, 0) is 26.0 Å². The van der Waals surface area contributed by atoms with Crippen LogP contribution >= 0.6 is 0 Å². The fourth-order valence-electron chi connectivity index (χ4n) is 1.48. The Kier molecular flexibility index (Phi) is 3.13. The molecular weight excluding hydrogens is 250 g/mol. The van der Waals surface area contributed by atoms with Gasteiger partial charge in [-0.25, -0.2) is 4.98 Å². The van der Waals surface area contributed by atoms with E-state index >= 15 is 0 Å². The number of imidazole rings is 1. The average Bonchev–Trinajstić information content (AvgIpc) is 2.63. The van der Waals surface area contributed by atoms with Gasteiger partial charge in [0.15, 0.2) is 5.03 Å². The molecule has 6 heteroatoms. The van der Waals surface area contributed by atoms with E-state index < -0.39 is 10.0 Å². The summed E-state index contributed by atoms with van der Waals surface area (Å²) in [6.07, 6.45) is 1.49. The molecule has 1 heterocycles. The van der Waals surface area contributed by atoms with Crippen LogP contribution in [0.3, 0.4) is 0 Å². The number of hydrogen-bond acceptors (Lipinski definition) is 3. The summed E-state index contributed by atoms with van der Waals surface area (Å²) < 4.78 is 28.3. The van der Waals surface area contributed by atoms with Crippen LogP contribution in [0.4, 0.5) is 5.69 Å². The largest absolute Gasteiger partial charge is 0.337 e. The highest BCUT2D eigenvalue weighted by atomic mass is 32.2. The number of sulfonamides is 1. The van der Waals surface area contributed by atoms with Gasteiger partial charge in [-0.1, -0.05) is 17.7 Å². The molecule has 0 bridgehead atoms. The maximum Gasteiger partial charge on any atom is 0.280 e. The van der Waals surface area contributed by atoms with Crippen molar-refractivity contribution in [2.75, 3.05) is 4.72 Å². The molecule has 2 aromatic rings. The van der Waals surface area contributed by atoms with Crippen molar-refractivity contribution in [3.63, 3.8) is 0 Å². The van der Waals surface area contributed by atoms with E-state index in [2.05, 4.69) is 9.71 Å². The Bertz CT molecular complexity index is 638. The molecular formula is C12H15N3O2S. The summed E-state index contributed by atoms with van der Waals surface area (Å²) in [4.78, 5) is 4.01. The van der Waals surface area contributed by atoms with Gasteiger partial charge in [0.25, 0.3) is 10.0 Å². The summed E-state index contributed by atoms with van der Waals surface area (Å²) in [6.45, 7) is 3.70. The molecule has 0 saturated carbocycles. The zero-order valence-electron chi connectivity index (χ0n) is 10.5. The SMILES string of the molecule is Cc1ccc(NS(=O)(=O)c2cn(C)c(C)n2)cc1. The van der Waals surface area contributed by atoms with E-state index in [1.807, 2.05) is 19.1 Å². The van der Waals surface area contributed by atoms with Gasteiger partial charge in [-0.3, -0.25) is 4.72 Å². The monoisotopic (exact) mass is 265 g/mol. The van der Waals surface area contributed by atoms with E-state index in [0.29, 0.717) is 11.5 Å². The molecule has 1 aromatic heterocycles. The molecule has 2 rings (SSSR count). The van der Waals surface area contributed by atoms with Crippen molar-refractivity contribution in [1.82, 2.24) is 9.55 Å². The van der Waals surface area contributed by atoms with Gasteiger partial charge in [0, 0.05) is 18.9 Å². The van der Waals surface area contributed by atoms with Gasteiger partial charge in [-0.15, -0.1) is 0 Å². The Labute approximate surface area is 107 Å². The minimum absolute atomic E-state index is 0.0306. The molecule has 0 atom stereocenters. The summed E-state index contributed by atoms with van der Waals surface area (Å²) >= 11 is 0. The standard InChI is InChI=1S/C12H15N3O2S/c1-9-4-6-11(7-5-9)14-18(16,17)12-8-15(3)10(2)13-12/h4-8,14H,1-3H3. The molecule has 0 amide bonds. The third-order valence-electron chi connectivity index (χ3n) is 2.67. The first-order valence-corrected chi connectivity index (χ1v) is 6.96. The van der Waals surface area contributed by atoms with E-state index in [9.17, 15) is 8.42 Å². The summed E-state index contributed by atoms with van der Waals surface area (Å²) in [5.41, 5.74) is 1.61. The molecule has 96 valence electrons. The molecule has 0 unspecified atom stereocenters.